The van der Waals surface area contributed by atoms with Crippen molar-refractivity contribution in [1.82, 2.24) is 9.97 Å². The number of hydrogen-bond donors (Lipinski definition) is 3. The van der Waals surface area contributed by atoms with Gasteiger partial charge in [0.05, 0.1) is 22.0 Å². The summed E-state index contributed by atoms with van der Waals surface area (Å²) < 4.78 is 0.642. The fourth-order valence-corrected chi connectivity index (χ4v) is 5.91. The van der Waals surface area contributed by atoms with Crippen molar-refractivity contribution in [2.45, 2.75) is 48.3 Å². The zero-order valence-corrected chi connectivity index (χ0v) is 20.2. The standard InChI is InChI=1S/C24H24N4O4S2/c1-14-9-10-17(16(12-14)21(31)15-6-2-3-7-15)26-23(32)28-24-27-18(13-20(29)30)22(34-24)33-19-8-4-5-11-25-19/h4-5,8-12,15H,2-3,6-7,13H2,1H3,(H,29,30)(H2,26,27,28,32). The summed E-state index contributed by atoms with van der Waals surface area (Å²) in [5.74, 6) is -0.962. The molecule has 1 aliphatic rings. The minimum Gasteiger partial charge on any atom is -0.481 e. The summed E-state index contributed by atoms with van der Waals surface area (Å²) in [6.07, 6.45) is 5.23. The second kappa shape index (κ2) is 10.8. The fourth-order valence-electron chi connectivity index (χ4n) is 3.86. The Hall–Kier alpha value is -3.24. The average Bonchev–Trinajstić information content (AvgIpc) is 3.45. The van der Waals surface area contributed by atoms with Gasteiger partial charge in [-0.2, -0.15) is 0 Å². The number of pyridine rings is 1. The van der Waals surface area contributed by atoms with Crippen LogP contribution in [0, 0.1) is 12.8 Å². The van der Waals surface area contributed by atoms with Crippen LogP contribution in [0.25, 0.3) is 0 Å². The van der Waals surface area contributed by atoms with Crippen LogP contribution in [-0.2, 0) is 11.2 Å². The van der Waals surface area contributed by atoms with Crippen molar-refractivity contribution in [1.29, 1.82) is 0 Å². The van der Waals surface area contributed by atoms with Crippen LogP contribution in [0.1, 0.15) is 47.3 Å². The zero-order valence-electron chi connectivity index (χ0n) is 18.5. The molecule has 2 aromatic heterocycles. The molecule has 3 N–H and O–H groups in total. The number of carboxylic acids is 1. The number of amides is 2. The van der Waals surface area contributed by atoms with Gasteiger partial charge in [0.15, 0.2) is 10.9 Å². The minimum absolute atomic E-state index is 0.00544. The van der Waals surface area contributed by atoms with Crippen molar-refractivity contribution in [2.24, 2.45) is 5.92 Å². The molecule has 8 nitrogen and oxygen atoms in total. The molecule has 34 heavy (non-hydrogen) atoms. The third kappa shape index (κ3) is 6.00. The summed E-state index contributed by atoms with van der Waals surface area (Å²) in [4.78, 5) is 45.7. The summed E-state index contributed by atoms with van der Waals surface area (Å²) in [6.45, 7) is 1.91. The van der Waals surface area contributed by atoms with Crippen molar-refractivity contribution in [3.05, 3.63) is 59.4 Å². The smallest absolute Gasteiger partial charge is 0.325 e. The number of rotatable bonds is 8. The molecule has 1 fully saturated rings. The van der Waals surface area contributed by atoms with E-state index in [0.717, 1.165) is 31.2 Å². The Balaban J connectivity index is 1.51. The van der Waals surface area contributed by atoms with E-state index in [4.69, 9.17) is 0 Å². The van der Waals surface area contributed by atoms with Crippen LogP contribution >= 0.6 is 23.1 Å². The fraction of sp³-hybridized carbons (Fsp3) is 0.292. The number of ketones is 1. The highest BCUT2D eigenvalue weighted by atomic mass is 32.2. The van der Waals surface area contributed by atoms with Gasteiger partial charge in [0.1, 0.15) is 5.03 Å². The maximum atomic E-state index is 13.0. The summed E-state index contributed by atoms with van der Waals surface area (Å²) in [7, 11) is 0. The van der Waals surface area contributed by atoms with Crippen LogP contribution in [0.2, 0.25) is 0 Å². The van der Waals surface area contributed by atoms with E-state index in [9.17, 15) is 19.5 Å². The van der Waals surface area contributed by atoms with E-state index in [0.29, 0.717) is 26.2 Å². The molecule has 3 aromatic rings. The molecule has 0 atom stereocenters. The number of hydrogen-bond acceptors (Lipinski definition) is 7. The quantitative estimate of drug-likeness (QED) is 0.345. The monoisotopic (exact) mass is 496 g/mol. The number of urea groups is 1. The van der Waals surface area contributed by atoms with Gasteiger partial charge < -0.3 is 10.4 Å². The highest BCUT2D eigenvalue weighted by Crippen LogP contribution is 2.37. The number of carbonyl (C=O) groups is 3. The molecule has 176 valence electrons. The Morgan fingerprint density at radius 1 is 1.15 bits per heavy atom. The second-order valence-corrected chi connectivity index (χ2v) is 10.4. The lowest BCUT2D eigenvalue weighted by Gasteiger charge is -2.14. The van der Waals surface area contributed by atoms with E-state index in [1.54, 1.807) is 18.3 Å². The molecule has 1 saturated carbocycles. The van der Waals surface area contributed by atoms with E-state index in [1.165, 1.54) is 23.1 Å². The predicted octanol–water partition coefficient (Wildman–Crippen LogP) is 5.64. The molecule has 4 rings (SSSR count). The number of aliphatic carboxylic acids is 1. The second-order valence-electron chi connectivity index (χ2n) is 8.07. The molecule has 1 aromatic carbocycles. The number of nitrogens with zero attached hydrogens (tertiary/aromatic N) is 2. The third-order valence-corrected chi connectivity index (χ3v) is 7.63. The van der Waals surface area contributed by atoms with E-state index in [2.05, 4.69) is 20.6 Å². The number of thiazole rings is 1. The lowest BCUT2D eigenvalue weighted by Crippen LogP contribution is -2.22. The van der Waals surface area contributed by atoms with Gasteiger partial charge in [-0.1, -0.05) is 53.6 Å². The van der Waals surface area contributed by atoms with Gasteiger partial charge in [-0.3, -0.25) is 14.9 Å². The van der Waals surface area contributed by atoms with Crippen LogP contribution in [0.4, 0.5) is 15.6 Å². The number of benzene rings is 1. The maximum absolute atomic E-state index is 13.0. The normalized spacial score (nSPS) is 13.6. The summed E-state index contributed by atoms with van der Waals surface area (Å²) in [5, 5.41) is 15.7. The van der Waals surface area contributed by atoms with Crippen LogP contribution in [0.3, 0.4) is 0 Å². The molecular formula is C24H24N4O4S2. The molecule has 1 aliphatic carbocycles. The number of carbonyl (C=O) groups excluding carboxylic acids is 2. The summed E-state index contributed by atoms with van der Waals surface area (Å²) in [5.41, 5.74) is 2.27. The van der Waals surface area contributed by atoms with Crippen LogP contribution < -0.4 is 10.6 Å². The number of anilines is 2. The first-order valence-corrected chi connectivity index (χ1v) is 12.6. The lowest BCUT2D eigenvalue weighted by atomic mass is 9.94. The van der Waals surface area contributed by atoms with Crippen molar-refractivity contribution >= 4 is 51.7 Å². The van der Waals surface area contributed by atoms with E-state index < -0.39 is 12.0 Å². The molecule has 0 spiro atoms. The Morgan fingerprint density at radius 3 is 2.65 bits per heavy atom. The Labute approximate surface area is 205 Å². The van der Waals surface area contributed by atoms with Crippen molar-refractivity contribution < 1.29 is 19.5 Å². The first-order chi connectivity index (χ1) is 16.4. The van der Waals surface area contributed by atoms with Crippen molar-refractivity contribution in [3.8, 4) is 0 Å². The minimum atomic E-state index is -1.01. The first kappa shape index (κ1) is 23.9. The van der Waals surface area contributed by atoms with Gasteiger partial charge in [0.25, 0.3) is 0 Å². The van der Waals surface area contributed by atoms with Gasteiger partial charge in [-0.25, -0.2) is 14.8 Å². The van der Waals surface area contributed by atoms with E-state index >= 15 is 0 Å². The van der Waals surface area contributed by atoms with Gasteiger partial charge in [-0.15, -0.1) is 0 Å². The first-order valence-electron chi connectivity index (χ1n) is 10.9. The number of aryl methyl sites for hydroxylation is 1. The Kier molecular flexibility index (Phi) is 7.59. The number of nitrogens with one attached hydrogen (secondary N) is 2. The Bertz CT molecular complexity index is 1210. The Morgan fingerprint density at radius 2 is 1.94 bits per heavy atom. The maximum Gasteiger partial charge on any atom is 0.325 e. The van der Waals surface area contributed by atoms with Gasteiger partial charge in [0, 0.05) is 17.7 Å². The molecule has 0 saturated heterocycles. The molecule has 10 heteroatoms. The molecule has 0 unspecified atom stereocenters. The van der Waals surface area contributed by atoms with Crippen molar-refractivity contribution in [2.75, 3.05) is 10.6 Å². The predicted molar refractivity (Wildman–Crippen MR) is 132 cm³/mol. The topological polar surface area (TPSA) is 121 Å². The van der Waals surface area contributed by atoms with Gasteiger partial charge >= 0.3 is 12.0 Å². The van der Waals surface area contributed by atoms with Gasteiger partial charge in [0.2, 0.25) is 0 Å². The molecule has 0 bridgehead atoms. The van der Waals surface area contributed by atoms with E-state index in [1.807, 2.05) is 31.2 Å². The van der Waals surface area contributed by atoms with Crippen LogP contribution in [-0.4, -0.2) is 32.9 Å². The van der Waals surface area contributed by atoms with E-state index in [-0.39, 0.29) is 23.3 Å². The molecule has 2 heterocycles. The number of Topliss-reactive ketones (excluding diaryl/α,β-unsaturated/α-hetero) is 1. The van der Waals surface area contributed by atoms with Crippen LogP contribution in [0.5, 0.6) is 0 Å². The highest BCUT2D eigenvalue weighted by Gasteiger charge is 2.26. The SMILES string of the molecule is Cc1ccc(NC(=O)Nc2nc(CC(=O)O)c(Sc3ccccn3)s2)c(C(=O)C2CCCC2)c1. The van der Waals surface area contributed by atoms with Crippen molar-refractivity contribution in [3.63, 3.8) is 0 Å². The lowest BCUT2D eigenvalue weighted by molar-refractivity contribution is -0.136. The third-order valence-electron chi connectivity index (χ3n) is 5.45. The number of aromatic nitrogens is 2. The van der Waals surface area contributed by atoms with Crippen LogP contribution in [0.15, 0.2) is 51.8 Å². The zero-order chi connectivity index (χ0) is 24.1. The molecular weight excluding hydrogens is 472 g/mol. The summed E-state index contributed by atoms with van der Waals surface area (Å²) in [6, 6.07) is 10.3. The summed E-state index contributed by atoms with van der Waals surface area (Å²) >= 11 is 2.47. The molecule has 0 radical (unpaired) electrons. The molecule has 0 aliphatic heterocycles. The van der Waals surface area contributed by atoms with Gasteiger partial charge in [-0.05, 0) is 44.0 Å². The number of carboxylic acid groups (broad SMARTS) is 1. The average molecular weight is 497 g/mol. The highest BCUT2D eigenvalue weighted by molar-refractivity contribution is 8.01. The molecule has 2 amide bonds. The largest absolute Gasteiger partial charge is 0.481 e.